The predicted molar refractivity (Wildman–Crippen MR) is 32.4 cm³/mol. The van der Waals surface area contributed by atoms with Crippen molar-refractivity contribution in [3.05, 3.63) is 23.3 Å². The van der Waals surface area contributed by atoms with Crippen LogP contribution in [0, 0.1) is 11.8 Å². The Morgan fingerprint density at radius 1 is 1.38 bits per heavy atom. The number of hydrogen-bond donors (Lipinski definition) is 0. The highest BCUT2D eigenvalue weighted by atomic mass is 14.5. The van der Waals surface area contributed by atoms with Gasteiger partial charge in [-0.15, -0.1) is 0 Å². The molecular formula is C8H8. The first-order chi connectivity index (χ1) is 3.93. The van der Waals surface area contributed by atoms with Gasteiger partial charge in [0.05, 0.1) is 0 Å². The van der Waals surface area contributed by atoms with Crippen molar-refractivity contribution in [1.82, 2.24) is 0 Å². The van der Waals surface area contributed by atoms with Gasteiger partial charge in [0, 0.05) is 0 Å². The van der Waals surface area contributed by atoms with Gasteiger partial charge in [-0.05, 0) is 24.7 Å². The zero-order valence-corrected chi connectivity index (χ0v) is 4.72. The molecule has 1 saturated carbocycles. The van der Waals surface area contributed by atoms with Gasteiger partial charge in [0.15, 0.2) is 0 Å². The molecule has 0 aromatic rings. The summed E-state index contributed by atoms with van der Waals surface area (Å²) in [6.45, 7) is 0. The summed E-state index contributed by atoms with van der Waals surface area (Å²) in [4.78, 5) is 0. The zero-order valence-electron chi connectivity index (χ0n) is 4.72. The smallest absolute Gasteiger partial charge is 0.00932 e. The van der Waals surface area contributed by atoms with E-state index in [1.165, 1.54) is 12.8 Å². The lowest BCUT2D eigenvalue weighted by molar-refractivity contribution is 0.373. The van der Waals surface area contributed by atoms with E-state index in [1.807, 2.05) is 0 Å². The minimum atomic E-state index is 0.991. The van der Waals surface area contributed by atoms with Gasteiger partial charge in [-0.25, -0.2) is 0 Å². The Hall–Kier alpha value is -0.520. The van der Waals surface area contributed by atoms with Gasteiger partial charge in [0.25, 0.3) is 0 Å². The van der Waals surface area contributed by atoms with Gasteiger partial charge < -0.3 is 0 Å². The van der Waals surface area contributed by atoms with Gasteiger partial charge in [-0.3, -0.25) is 0 Å². The van der Waals surface area contributed by atoms with Crippen LogP contribution < -0.4 is 0 Å². The van der Waals surface area contributed by atoms with Crippen molar-refractivity contribution in [2.75, 3.05) is 0 Å². The molecule has 0 aromatic heterocycles. The number of fused-ring (bicyclic) bond motifs is 1. The first kappa shape index (κ1) is 3.49. The average Bonchev–Trinajstić information content (AvgIpc) is 2.23. The molecule has 0 aliphatic heterocycles. The Morgan fingerprint density at radius 2 is 2.38 bits per heavy atom. The largest absolute Gasteiger partial charge is 0.0772 e. The third kappa shape index (κ3) is 0.199. The lowest BCUT2D eigenvalue weighted by Gasteiger charge is -2.32. The van der Waals surface area contributed by atoms with Gasteiger partial charge in [-0.1, -0.05) is 23.3 Å². The summed E-state index contributed by atoms with van der Waals surface area (Å²) < 4.78 is 0. The third-order valence-corrected chi connectivity index (χ3v) is 2.72. The van der Waals surface area contributed by atoms with E-state index in [0.717, 1.165) is 11.8 Å². The molecule has 8 heavy (non-hydrogen) atoms. The summed E-state index contributed by atoms with van der Waals surface area (Å²) in [6.07, 6.45) is 7.64. The van der Waals surface area contributed by atoms with E-state index in [9.17, 15) is 0 Å². The molecule has 1 fully saturated rings. The van der Waals surface area contributed by atoms with E-state index in [1.54, 1.807) is 11.1 Å². The molecule has 0 heteroatoms. The maximum atomic E-state index is 2.46. The molecular weight excluding hydrogens is 96.1 g/mol. The Morgan fingerprint density at radius 3 is 2.62 bits per heavy atom. The summed E-state index contributed by atoms with van der Waals surface area (Å²) in [5, 5.41) is 0. The van der Waals surface area contributed by atoms with E-state index in [4.69, 9.17) is 0 Å². The standard InChI is InChI=1S/C8H8/c1-5-2-7-4-6(1)8(7)3-5/h1-2,6,8H,3-4H2. The molecule has 0 heterocycles. The second-order valence-electron chi connectivity index (χ2n) is 3.14. The fraction of sp³-hybridized carbons (Fsp3) is 0.500. The monoisotopic (exact) mass is 104 g/mol. The van der Waals surface area contributed by atoms with Gasteiger partial charge in [0.1, 0.15) is 0 Å². The third-order valence-electron chi connectivity index (χ3n) is 2.72. The second kappa shape index (κ2) is 0.812. The summed E-state index contributed by atoms with van der Waals surface area (Å²) >= 11 is 0. The molecule has 0 radical (unpaired) electrons. The molecule has 2 atom stereocenters. The number of allylic oxidation sites excluding steroid dienone is 4. The summed E-state index contributed by atoms with van der Waals surface area (Å²) in [5.74, 6) is 2.00. The first-order valence-electron chi connectivity index (χ1n) is 3.34. The van der Waals surface area contributed by atoms with Crippen LogP contribution in [0.2, 0.25) is 0 Å². The number of hydrogen-bond acceptors (Lipinski definition) is 0. The minimum Gasteiger partial charge on any atom is -0.0772 e. The highest BCUT2D eigenvalue weighted by Gasteiger charge is 2.43. The Bertz CT molecular complexity index is 208. The Labute approximate surface area is 48.9 Å². The number of rotatable bonds is 0. The normalized spacial score (nSPS) is 46.0. The molecule has 0 saturated heterocycles. The van der Waals surface area contributed by atoms with Crippen molar-refractivity contribution in [2.45, 2.75) is 12.8 Å². The molecule has 3 aliphatic rings. The average molecular weight is 104 g/mol. The van der Waals surface area contributed by atoms with Crippen molar-refractivity contribution in [3.8, 4) is 0 Å². The molecule has 0 nitrogen and oxygen atoms in total. The van der Waals surface area contributed by atoms with Gasteiger partial charge >= 0.3 is 0 Å². The molecule has 2 unspecified atom stereocenters. The maximum Gasteiger partial charge on any atom is -0.00932 e. The topological polar surface area (TPSA) is 0 Å². The Kier molecular flexibility index (Phi) is 0.355. The summed E-state index contributed by atoms with van der Waals surface area (Å²) in [7, 11) is 0. The van der Waals surface area contributed by atoms with Crippen LogP contribution >= 0.6 is 0 Å². The highest BCUT2D eigenvalue weighted by molar-refractivity contribution is 5.46. The lowest BCUT2D eigenvalue weighted by atomic mass is 9.72. The highest BCUT2D eigenvalue weighted by Crippen LogP contribution is 2.55. The van der Waals surface area contributed by atoms with Crippen LogP contribution in [0.5, 0.6) is 0 Å². The fourth-order valence-corrected chi connectivity index (χ4v) is 2.25. The Balaban J connectivity index is 2.31. The van der Waals surface area contributed by atoms with Crippen molar-refractivity contribution in [2.24, 2.45) is 11.8 Å². The lowest BCUT2D eigenvalue weighted by Crippen LogP contribution is -2.22. The fourth-order valence-electron chi connectivity index (χ4n) is 2.25. The second-order valence-corrected chi connectivity index (χ2v) is 3.14. The molecule has 0 spiro atoms. The van der Waals surface area contributed by atoms with E-state index in [2.05, 4.69) is 12.2 Å². The molecule has 0 N–H and O–H groups in total. The van der Waals surface area contributed by atoms with Gasteiger partial charge in [-0.2, -0.15) is 0 Å². The van der Waals surface area contributed by atoms with Crippen LogP contribution in [0.4, 0.5) is 0 Å². The van der Waals surface area contributed by atoms with Crippen LogP contribution in [0.1, 0.15) is 12.8 Å². The van der Waals surface area contributed by atoms with E-state index in [0.29, 0.717) is 0 Å². The van der Waals surface area contributed by atoms with E-state index in [-0.39, 0.29) is 0 Å². The minimum absolute atomic E-state index is 0.991. The van der Waals surface area contributed by atoms with E-state index < -0.39 is 0 Å². The van der Waals surface area contributed by atoms with Crippen LogP contribution in [0.25, 0.3) is 0 Å². The van der Waals surface area contributed by atoms with Crippen LogP contribution in [-0.2, 0) is 0 Å². The van der Waals surface area contributed by atoms with Crippen LogP contribution in [0.15, 0.2) is 23.3 Å². The van der Waals surface area contributed by atoms with Crippen LogP contribution in [-0.4, -0.2) is 0 Å². The van der Waals surface area contributed by atoms with Gasteiger partial charge in [0.2, 0.25) is 0 Å². The quantitative estimate of drug-likeness (QED) is 0.440. The first-order valence-corrected chi connectivity index (χ1v) is 3.34. The molecule has 2 bridgehead atoms. The summed E-state index contributed by atoms with van der Waals surface area (Å²) in [5.41, 5.74) is 3.37. The van der Waals surface area contributed by atoms with Crippen LogP contribution in [0.3, 0.4) is 0 Å². The van der Waals surface area contributed by atoms with Crippen molar-refractivity contribution >= 4 is 0 Å². The molecule has 0 amide bonds. The van der Waals surface area contributed by atoms with Crippen molar-refractivity contribution < 1.29 is 0 Å². The van der Waals surface area contributed by atoms with Crippen molar-refractivity contribution in [1.29, 1.82) is 0 Å². The van der Waals surface area contributed by atoms with E-state index >= 15 is 0 Å². The molecule has 0 aromatic carbocycles. The zero-order chi connectivity index (χ0) is 5.14. The molecule has 3 aliphatic carbocycles. The summed E-state index contributed by atoms with van der Waals surface area (Å²) in [6, 6.07) is 0. The molecule has 40 valence electrons. The van der Waals surface area contributed by atoms with Crippen molar-refractivity contribution in [3.63, 3.8) is 0 Å². The predicted octanol–water partition coefficient (Wildman–Crippen LogP) is 1.89. The SMILES string of the molecule is C1=C2C=C3CC1C3C2. The molecule has 3 rings (SSSR count). The maximum absolute atomic E-state index is 2.46.